The molecule has 5 heterocycles. The van der Waals surface area contributed by atoms with Crippen molar-refractivity contribution in [2.45, 2.75) is 6.17 Å². The molecule has 13 aromatic rings. The Kier molecular flexibility index (Phi) is 8.75. The van der Waals surface area contributed by atoms with Crippen molar-refractivity contribution >= 4 is 77.4 Å². The van der Waals surface area contributed by atoms with Crippen LogP contribution in [0.2, 0.25) is 0 Å². The number of rotatable bonds is 7. The Morgan fingerprint density at radius 3 is 1.72 bits per heavy atom. The molecule has 9 nitrogen and oxygen atoms in total. The fourth-order valence-corrected chi connectivity index (χ4v) is 9.81. The molecule has 1 atom stereocenters. The summed E-state index contributed by atoms with van der Waals surface area (Å²) in [5, 5.41) is 11.6. The number of hydrogen-bond acceptors (Lipinski definition) is 7. The van der Waals surface area contributed by atoms with Crippen LogP contribution < -0.4 is 0 Å². The van der Waals surface area contributed by atoms with E-state index in [4.69, 9.17) is 39.1 Å². The molecule has 4 aromatic heterocycles. The molecule has 0 radical (unpaired) electrons. The van der Waals surface area contributed by atoms with Crippen molar-refractivity contribution in [3.63, 3.8) is 0 Å². The molecule has 9 heteroatoms. The summed E-state index contributed by atoms with van der Waals surface area (Å²) < 4.78 is 15.3. The topological polar surface area (TPSA) is 109 Å². The third-order valence-electron chi connectivity index (χ3n) is 13.0. The monoisotopic (exact) mass is 886 g/mol. The van der Waals surface area contributed by atoms with E-state index >= 15 is 0 Å². The Morgan fingerprint density at radius 1 is 0.406 bits per heavy atom. The fourth-order valence-electron chi connectivity index (χ4n) is 9.81. The number of aliphatic imine (C=N–C) groups is 2. The predicted molar refractivity (Wildman–Crippen MR) is 277 cm³/mol. The molecule has 9 aromatic carbocycles. The fraction of sp³-hybridized carbons (Fsp3) is 0.0167. The third kappa shape index (κ3) is 6.43. The maximum absolute atomic E-state index is 6.55. The molecule has 69 heavy (non-hydrogen) atoms. The Hall–Kier alpha value is -9.47. The summed E-state index contributed by atoms with van der Waals surface area (Å²) >= 11 is 0. The first kappa shape index (κ1) is 38.8. The van der Waals surface area contributed by atoms with Crippen LogP contribution in [0.5, 0.6) is 0 Å². The second-order valence-corrected chi connectivity index (χ2v) is 17.2. The molecular formula is C60H36N7O2-. The minimum absolute atomic E-state index is 0.504. The molecule has 0 saturated carbocycles. The highest BCUT2D eigenvalue weighted by Crippen LogP contribution is 2.43. The summed E-state index contributed by atoms with van der Waals surface area (Å²) in [6.07, 6.45) is -0.695. The number of para-hydroxylation sites is 4. The van der Waals surface area contributed by atoms with Gasteiger partial charge in [0.25, 0.3) is 0 Å². The lowest BCUT2D eigenvalue weighted by molar-refractivity contribution is 0.667. The van der Waals surface area contributed by atoms with Gasteiger partial charge in [-0.1, -0.05) is 170 Å². The number of nitrogens with zero attached hydrogens (tertiary/aromatic N) is 7. The van der Waals surface area contributed by atoms with Gasteiger partial charge in [-0.3, -0.25) is 4.99 Å². The maximum Gasteiger partial charge on any atom is 0.166 e. The Bertz CT molecular complexity index is 4170. The number of fused-ring (bicyclic) bond motifs is 9. The molecule has 14 rings (SSSR count). The maximum atomic E-state index is 6.55. The molecule has 0 aliphatic carbocycles. The number of furan rings is 2. The first-order valence-electron chi connectivity index (χ1n) is 22.9. The lowest BCUT2D eigenvalue weighted by Crippen LogP contribution is -2.16. The smallest absolute Gasteiger partial charge is 0.166 e. The molecule has 0 spiro atoms. The second-order valence-electron chi connectivity index (χ2n) is 17.2. The lowest BCUT2D eigenvalue weighted by atomic mass is 10.0. The predicted octanol–water partition coefficient (Wildman–Crippen LogP) is 15.0. The average molecular weight is 887 g/mol. The van der Waals surface area contributed by atoms with E-state index in [9.17, 15) is 0 Å². The van der Waals surface area contributed by atoms with Gasteiger partial charge in [0.05, 0.1) is 28.7 Å². The van der Waals surface area contributed by atoms with Crippen LogP contribution in [-0.2, 0) is 0 Å². The average Bonchev–Trinajstić information content (AvgIpc) is 4.10. The molecule has 0 fully saturated rings. The molecule has 0 saturated heterocycles. The van der Waals surface area contributed by atoms with Crippen LogP contribution in [0.25, 0.3) is 111 Å². The van der Waals surface area contributed by atoms with Gasteiger partial charge in [0.2, 0.25) is 0 Å². The van der Waals surface area contributed by atoms with Gasteiger partial charge in [0.1, 0.15) is 22.3 Å². The van der Waals surface area contributed by atoms with Crippen molar-refractivity contribution in [2.24, 2.45) is 9.98 Å². The summed E-state index contributed by atoms with van der Waals surface area (Å²) in [4.78, 5) is 26.3. The van der Waals surface area contributed by atoms with Crippen LogP contribution in [-0.4, -0.2) is 31.2 Å². The highest BCUT2D eigenvalue weighted by atomic mass is 16.3. The van der Waals surface area contributed by atoms with E-state index in [2.05, 4.69) is 83.4 Å². The van der Waals surface area contributed by atoms with Crippen LogP contribution in [0.1, 0.15) is 22.9 Å². The van der Waals surface area contributed by atoms with Crippen molar-refractivity contribution in [2.75, 3.05) is 0 Å². The van der Waals surface area contributed by atoms with E-state index in [-0.39, 0.29) is 0 Å². The van der Waals surface area contributed by atoms with Gasteiger partial charge in [-0.15, -0.1) is 0 Å². The van der Waals surface area contributed by atoms with Gasteiger partial charge < -0.3 is 23.7 Å². The quantitative estimate of drug-likeness (QED) is 0.158. The first-order chi connectivity index (χ1) is 34.2. The van der Waals surface area contributed by atoms with Gasteiger partial charge in [0.15, 0.2) is 17.5 Å². The van der Waals surface area contributed by atoms with E-state index in [0.717, 1.165) is 105 Å². The SMILES string of the molecule is c1ccc(C2=NC(c3cccc4c3oc3ccccc34)=NC(c3ccc(-n4c5ccccc5c5cc6oc7ccccc7c6cc54)c(-c4nc(-c5ccccc5)nc(-c5ccccc5)n4)c3)[N-]2)cc1. The van der Waals surface area contributed by atoms with E-state index < -0.39 is 6.17 Å². The Labute approximate surface area is 394 Å². The largest absolute Gasteiger partial charge is 0.456 e. The zero-order valence-corrected chi connectivity index (χ0v) is 36.7. The minimum Gasteiger partial charge on any atom is -0.456 e. The van der Waals surface area contributed by atoms with E-state index in [1.54, 1.807) is 0 Å². The van der Waals surface area contributed by atoms with Gasteiger partial charge in [0, 0.05) is 54.6 Å². The molecule has 1 unspecified atom stereocenters. The molecule has 1 aliphatic heterocycles. The second kappa shape index (κ2) is 15.6. The number of hydrogen-bond donors (Lipinski definition) is 0. The van der Waals surface area contributed by atoms with Crippen molar-refractivity contribution in [3.8, 4) is 39.9 Å². The van der Waals surface area contributed by atoms with Gasteiger partial charge in [-0.05, 0) is 59.7 Å². The van der Waals surface area contributed by atoms with Crippen LogP contribution in [0.3, 0.4) is 0 Å². The van der Waals surface area contributed by atoms with Crippen LogP contribution in [0, 0.1) is 0 Å². The lowest BCUT2D eigenvalue weighted by Gasteiger charge is -2.32. The zero-order valence-electron chi connectivity index (χ0n) is 36.7. The number of aromatic nitrogens is 4. The van der Waals surface area contributed by atoms with Crippen LogP contribution in [0.4, 0.5) is 0 Å². The van der Waals surface area contributed by atoms with Crippen LogP contribution in [0.15, 0.2) is 231 Å². The van der Waals surface area contributed by atoms with Gasteiger partial charge in [-0.25, -0.2) is 15.0 Å². The first-order valence-corrected chi connectivity index (χ1v) is 22.9. The Balaban J connectivity index is 1.04. The third-order valence-corrected chi connectivity index (χ3v) is 13.0. The molecule has 324 valence electrons. The highest BCUT2D eigenvalue weighted by molar-refractivity contribution is 6.23. The minimum atomic E-state index is -0.695. The summed E-state index contributed by atoms with van der Waals surface area (Å²) in [7, 11) is 0. The summed E-state index contributed by atoms with van der Waals surface area (Å²) in [6.45, 7) is 0. The normalized spacial score (nSPS) is 13.9. The Morgan fingerprint density at radius 2 is 1.00 bits per heavy atom. The number of benzene rings is 9. The molecule has 0 bridgehead atoms. The van der Waals surface area contributed by atoms with Gasteiger partial charge >= 0.3 is 0 Å². The standard InChI is InChI=1S/C60H36N7O2/c1-4-17-36(18-5-1)55-61-56(37-19-6-2-7-20-37)65-60(64-55)47-33-39(31-32-49(47)67-48-28-13-10-23-40(48)45-35-53-46(34-50(45)67)42-25-12-14-29-51(42)68-53)58-62-57(38-21-8-3-9-22-38)63-59(66-58)44-27-16-26-43-41-24-11-15-30-52(41)69-54(43)44/h1-35,58H/q-1. The molecule has 1 aliphatic rings. The van der Waals surface area contributed by atoms with Crippen LogP contribution >= 0.6 is 0 Å². The van der Waals surface area contributed by atoms with E-state index in [1.165, 1.54) is 0 Å². The highest BCUT2D eigenvalue weighted by Gasteiger charge is 2.24. The number of amidine groups is 2. The summed E-state index contributed by atoms with van der Waals surface area (Å²) in [5.41, 5.74) is 11.2. The van der Waals surface area contributed by atoms with Gasteiger partial charge in [-0.2, -0.15) is 0 Å². The van der Waals surface area contributed by atoms with Crippen molar-refractivity contribution < 1.29 is 8.83 Å². The summed E-state index contributed by atoms with van der Waals surface area (Å²) in [6, 6.07) is 72.0. The van der Waals surface area contributed by atoms with E-state index in [0.29, 0.717) is 29.1 Å². The zero-order chi connectivity index (χ0) is 45.4. The van der Waals surface area contributed by atoms with Crippen molar-refractivity contribution in [1.29, 1.82) is 0 Å². The van der Waals surface area contributed by atoms with Crippen molar-refractivity contribution in [1.82, 2.24) is 19.5 Å². The van der Waals surface area contributed by atoms with Crippen molar-refractivity contribution in [3.05, 3.63) is 234 Å². The molecular weight excluding hydrogens is 851 g/mol. The van der Waals surface area contributed by atoms with E-state index in [1.807, 2.05) is 133 Å². The molecule has 0 amide bonds. The molecule has 0 N–H and O–H groups in total. The summed E-state index contributed by atoms with van der Waals surface area (Å²) in [5.74, 6) is 2.72.